The highest BCUT2D eigenvalue weighted by Crippen LogP contribution is 2.39. The molecule has 0 aromatic heterocycles. The molecule has 0 aliphatic carbocycles. The Hall–Kier alpha value is -1.51. The number of benzene rings is 1. The molecular weight excluding hydrogens is 312 g/mol. The molecule has 1 aromatic carbocycles. The maximum atomic E-state index is 11.9. The first-order valence-electron chi connectivity index (χ1n) is 9.34. The average Bonchev–Trinajstić information content (AvgIpc) is 2.43. The Morgan fingerprint density at radius 2 is 1.72 bits per heavy atom. The summed E-state index contributed by atoms with van der Waals surface area (Å²) in [6.07, 6.45) is 1.63. The maximum absolute atomic E-state index is 11.9. The van der Waals surface area contributed by atoms with Crippen molar-refractivity contribution < 1.29 is 14.3 Å². The van der Waals surface area contributed by atoms with Gasteiger partial charge in [0.2, 0.25) is 0 Å². The van der Waals surface area contributed by atoms with Crippen LogP contribution in [-0.4, -0.2) is 11.8 Å². The van der Waals surface area contributed by atoms with E-state index in [4.69, 9.17) is 9.47 Å². The van der Waals surface area contributed by atoms with Gasteiger partial charge in [-0.2, -0.15) is 0 Å². The fourth-order valence-electron chi connectivity index (χ4n) is 2.97. The molecule has 142 valence electrons. The molecule has 0 fully saturated rings. The van der Waals surface area contributed by atoms with Crippen LogP contribution in [0.5, 0.6) is 5.75 Å². The van der Waals surface area contributed by atoms with Crippen molar-refractivity contribution in [1.29, 1.82) is 0 Å². The Bertz CT molecular complexity index is 576. The average molecular weight is 349 g/mol. The number of ether oxygens (including phenoxy) is 2. The van der Waals surface area contributed by atoms with E-state index >= 15 is 0 Å². The molecule has 0 saturated heterocycles. The second kappa shape index (κ2) is 8.25. The second-order valence-corrected chi connectivity index (χ2v) is 9.35. The van der Waals surface area contributed by atoms with Gasteiger partial charge < -0.3 is 9.47 Å². The lowest BCUT2D eigenvalue weighted by Gasteiger charge is -2.31. The number of hydrogen-bond donors (Lipinski definition) is 0. The summed E-state index contributed by atoms with van der Waals surface area (Å²) in [6.45, 7) is 18.9. The zero-order valence-electron chi connectivity index (χ0n) is 17.5. The summed E-state index contributed by atoms with van der Waals surface area (Å²) in [5, 5.41) is 0. The Balaban J connectivity index is 3.00. The van der Waals surface area contributed by atoms with Gasteiger partial charge in [0.25, 0.3) is 0 Å². The summed E-state index contributed by atoms with van der Waals surface area (Å²) < 4.78 is 10.6. The van der Waals surface area contributed by atoms with Crippen molar-refractivity contribution in [3.8, 4) is 5.75 Å². The van der Waals surface area contributed by atoms with Crippen molar-refractivity contribution >= 4 is 6.16 Å². The molecule has 0 aliphatic heterocycles. The lowest BCUT2D eigenvalue weighted by atomic mass is 9.75. The van der Waals surface area contributed by atoms with Crippen LogP contribution in [0.25, 0.3) is 0 Å². The van der Waals surface area contributed by atoms with E-state index in [2.05, 4.69) is 46.8 Å². The van der Waals surface area contributed by atoms with E-state index in [1.807, 2.05) is 33.8 Å². The Kier molecular flexibility index (Phi) is 7.10. The van der Waals surface area contributed by atoms with Crippen LogP contribution in [-0.2, 0) is 4.74 Å². The Morgan fingerprint density at radius 1 is 1.12 bits per heavy atom. The number of hydrogen-bond acceptors (Lipinski definition) is 3. The van der Waals surface area contributed by atoms with Crippen LogP contribution in [0.15, 0.2) is 18.2 Å². The van der Waals surface area contributed by atoms with Gasteiger partial charge in [-0.15, -0.1) is 0 Å². The van der Waals surface area contributed by atoms with Crippen molar-refractivity contribution in [3.05, 3.63) is 29.3 Å². The van der Waals surface area contributed by atoms with E-state index in [1.165, 1.54) is 5.56 Å². The third kappa shape index (κ3) is 7.50. The molecule has 0 heterocycles. The van der Waals surface area contributed by atoms with Crippen LogP contribution in [0.4, 0.5) is 4.79 Å². The lowest BCUT2D eigenvalue weighted by molar-refractivity contribution is 0.0204. The van der Waals surface area contributed by atoms with E-state index < -0.39 is 11.8 Å². The SMILES string of the molecule is CCC(C)C(CC(C)(C)C)c1ccc(OC(=O)OC(C)(C)C)c(C)c1. The molecule has 0 spiro atoms. The van der Waals surface area contributed by atoms with Gasteiger partial charge in [-0.3, -0.25) is 0 Å². The van der Waals surface area contributed by atoms with Crippen LogP contribution in [0.1, 0.15) is 85.3 Å². The monoisotopic (exact) mass is 348 g/mol. The molecule has 0 saturated carbocycles. The third-order valence-corrected chi connectivity index (χ3v) is 4.37. The van der Waals surface area contributed by atoms with E-state index in [0.29, 0.717) is 17.6 Å². The van der Waals surface area contributed by atoms with Crippen molar-refractivity contribution in [2.45, 2.75) is 86.7 Å². The van der Waals surface area contributed by atoms with Gasteiger partial charge in [-0.25, -0.2) is 4.79 Å². The predicted octanol–water partition coefficient (Wildman–Crippen LogP) is 6.87. The van der Waals surface area contributed by atoms with Gasteiger partial charge >= 0.3 is 6.16 Å². The summed E-state index contributed by atoms with van der Waals surface area (Å²) in [6, 6.07) is 6.14. The molecule has 0 amide bonds. The minimum atomic E-state index is -0.656. The van der Waals surface area contributed by atoms with Crippen LogP contribution < -0.4 is 4.74 Å². The van der Waals surface area contributed by atoms with Crippen molar-refractivity contribution in [2.75, 3.05) is 0 Å². The zero-order chi connectivity index (χ0) is 19.4. The first kappa shape index (κ1) is 21.5. The first-order chi connectivity index (χ1) is 11.3. The van der Waals surface area contributed by atoms with Crippen LogP contribution in [0.3, 0.4) is 0 Å². The summed E-state index contributed by atoms with van der Waals surface area (Å²) in [7, 11) is 0. The molecule has 0 N–H and O–H groups in total. The molecule has 1 rings (SSSR count). The van der Waals surface area contributed by atoms with E-state index in [1.54, 1.807) is 0 Å². The van der Waals surface area contributed by atoms with Crippen molar-refractivity contribution in [2.24, 2.45) is 11.3 Å². The van der Waals surface area contributed by atoms with Crippen LogP contribution in [0.2, 0.25) is 0 Å². The minimum Gasteiger partial charge on any atom is -0.428 e. The fourth-order valence-corrected chi connectivity index (χ4v) is 2.97. The topological polar surface area (TPSA) is 35.5 Å². The summed E-state index contributed by atoms with van der Waals surface area (Å²) in [5.74, 6) is 1.67. The Labute approximate surface area is 154 Å². The lowest BCUT2D eigenvalue weighted by Crippen LogP contribution is -2.26. The number of carbonyl (C=O) groups excluding carboxylic acids is 1. The fraction of sp³-hybridized carbons (Fsp3) is 0.682. The molecule has 3 nitrogen and oxygen atoms in total. The van der Waals surface area contributed by atoms with E-state index in [-0.39, 0.29) is 5.41 Å². The van der Waals surface area contributed by atoms with Gasteiger partial charge in [0.05, 0.1) is 0 Å². The molecule has 0 aliphatic rings. The predicted molar refractivity (Wildman–Crippen MR) is 104 cm³/mol. The van der Waals surface area contributed by atoms with Gasteiger partial charge in [-0.05, 0) is 68.6 Å². The highest BCUT2D eigenvalue weighted by Gasteiger charge is 2.25. The zero-order valence-corrected chi connectivity index (χ0v) is 17.5. The standard InChI is InChI=1S/C22H36O3/c1-10-15(2)18(14-21(4,5)6)17-11-12-19(16(3)13-17)24-20(23)25-22(7,8)9/h11-13,15,18H,10,14H2,1-9H3. The Morgan fingerprint density at radius 3 is 2.16 bits per heavy atom. The van der Waals surface area contributed by atoms with Gasteiger partial charge in [0, 0.05) is 0 Å². The molecule has 2 unspecified atom stereocenters. The highest BCUT2D eigenvalue weighted by atomic mass is 16.7. The number of aryl methyl sites for hydroxylation is 1. The van der Waals surface area contributed by atoms with Crippen molar-refractivity contribution in [1.82, 2.24) is 0 Å². The highest BCUT2D eigenvalue weighted by molar-refractivity contribution is 5.65. The van der Waals surface area contributed by atoms with Gasteiger partial charge in [0.1, 0.15) is 11.4 Å². The molecule has 1 aromatic rings. The molecule has 0 radical (unpaired) electrons. The normalized spacial score (nSPS) is 14.8. The van der Waals surface area contributed by atoms with E-state index in [0.717, 1.165) is 18.4 Å². The summed E-state index contributed by atoms with van der Waals surface area (Å²) in [4.78, 5) is 11.9. The number of carbonyl (C=O) groups is 1. The van der Waals surface area contributed by atoms with E-state index in [9.17, 15) is 4.79 Å². The smallest absolute Gasteiger partial charge is 0.428 e. The maximum Gasteiger partial charge on any atom is 0.514 e. The van der Waals surface area contributed by atoms with Gasteiger partial charge in [-0.1, -0.05) is 53.2 Å². The molecule has 25 heavy (non-hydrogen) atoms. The minimum absolute atomic E-state index is 0.272. The number of rotatable bonds is 5. The first-order valence-corrected chi connectivity index (χ1v) is 9.34. The second-order valence-electron chi connectivity index (χ2n) is 9.35. The van der Waals surface area contributed by atoms with Crippen molar-refractivity contribution in [3.63, 3.8) is 0 Å². The van der Waals surface area contributed by atoms with Crippen LogP contribution >= 0.6 is 0 Å². The molecule has 3 heteroatoms. The molecule has 2 atom stereocenters. The quantitative estimate of drug-likeness (QED) is 0.430. The molecule has 0 bridgehead atoms. The third-order valence-electron chi connectivity index (χ3n) is 4.37. The summed E-state index contributed by atoms with van der Waals surface area (Å²) >= 11 is 0. The van der Waals surface area contributed by atoms with Crippen LogP contribution in [0, 0.1) is 18.3 Å². The largest absolute Gasteiger partial charge is 0.514 e. The summed E-state index contributed by atoms with van der Waals surface area (Å²) in [5.41, 5.74) is 2.00. The van der Waals surface area contributed by atoms with Gasteiger partial charge in [0.15, 0.2) is 0 Å². The molecular formula is C22H36O3.